The molecule has 1 aliphatic heterocycles. The van der Waals surface area contributed by atoms with Crippen molar-refractivity contribution in [3.8, 4) is 0 Å². The smallest absolute Gasteiger partial charge is 0.223 e. The molecule has 3 heteroatoms. The highest BCUT2D eigenvalue weighted by atomic mass is 16.1. The van der Waals surface area contributed by atoms with Gasteiger partial charge in [0.1, 0.15) is 0 Å². The van der Waals surface area contributed by atoms with Crippen molar-refractivity contribution >= 4 is 5.91 Å². The van der Waals surface area contributed by atoms with Crippen molar-refractivity contribution in [3.05, 3.63) is 0 Å². The third kappa shape index (κ3) is 1.46. The predicted molar refractivity (Wildman–Crippen MR) is 53.5 cm³/mol. The highest BCUT2D eigenvalue weighted by Crippen LogP contribution is 2.51. The Labute approximate surface area is 81.0 Å². The molecule has 0 aromatic rings. The number of carbonyl (C=O) groups is 1. The molecule has 1 saturated heterocycles. The number of likely N-dealkylation sites (tertiary alicyclic amines) is 1. The number of rotatable bonds is 2. The second-order valence-electron chi connectivity index (χ2n) is 4.67. The fourth-order valence-corrected chi connectivity index (χ4v) is 2.85. The fraction of sp³-hybridized carbons (Fsp3) is 0.900. The molecule has 3 nitrogen and oxygen atoms in total. The molecule has 2 fully saturated rings. The second kappa shape index (κ2) is 2.98. The van der Waals surface area contributed by atoms with Gasteiger partial charge in [-0.25, -0.2) is 0 Å². The summed E-state index contributed by atoms with van der Waals surface area (Å²) >= 11 is 0. The topological polar surface area (TPSA) is 32.3 Å². The van der Waals surface area contributed by atoms with Gasteiger partial charge in [0.25, 0.3) is 0 Å². The fourth-order valence-electron chi connectivity index (χ4n) is 2.85. The van der Waals surface area contributed by atoms with Crippen LogP contribution in [0.3, 0.4) is 0 Å². The molecule has 0 aromatic heterocycles. The van der Waals surface area contributed by atoms with Crippen molar-refractivity contribution in [3.63, 3.8) is 0 Å². The number of hydrogen-bond acceptors (Lipinski definition) is 2. The van der Waals surface area contributed by atoms with Crippen LogP contribution in [-0.2, 0) is 4.79 Å². The van der Waals surface area contributed by atoms with Gasteiger partial charge in [-0.05, 0) is 32.2 Å². The Morgan fingerprint density at radius 2 is 2.23 bits per heavy atom. The molecule has 1 amide bonds. The molecule has 0 radical (unpaired) electrons. The molecule has 13 heavy (non-hydrogen) atoms. The van der Waals surface area contributed by atoms with Crippen LogP contribution in [0.1, 0.15) is 21.2 Å². The molecule has 1 aliphatic carbocycles. The maximum absolute atomic E-state index is 11.4. The summed E-state index contributed by atoms with van der Waals surface area (Å²) in [5.41, 5.74) is 0.532. The summed E-state index contributed by atoms with van der Waals surface area (Å²) in [5.74, 6) is 0.580. The number of amides is 1. The summed E-state index contributed by atoms with van der Waals surface area (Å²) in [4.78, 5) is 13.7. The second-order valence-corrected chi connectivity index (χ2v) is 4.67. The Hall–Kier alpha value is -0.570. The van der Waals surface area contributed by atoms with Crippen molar-refractivity contribution in [2.45, 2.75) is 19.8 Å². The summed E-state index contributed by atoms with van der Waals surface area (Å²) in [6.07, 6.45) is 2.23. The number of nitrogens with zero attached hydrogens (tertiary/aromatic N) is 1. The van der Waals surface area contributed by atoms with Crippen LogP contribution >= 0.6 is 0 Å². The van der Waals surface area contributed by atoms with E-state index in [0.29, 0.717) is 11.3 Å². The van der Waals surface area contributed by atoms with E-state index in [1.807, 2.05) is 6.92 Å². The average Bonchev–Trinajstić information content (AvgIpc) is 1.94. The van der Waals surface area contributed by atoms with Gasteiger partial charge in [0.05, 0.1) is 0 Å². The van der Waals surface area contributed by atoms with Gasteiger partial charge in [0.2, 0.25) is 5.91 Å². The monoisotopic (exact) mass is 184 g/mol. The minimum absolute atomic E-state index is 0. The summed E-state index contributed by atoms with van der Waals surface area (Å²) in [7, 11) is 2.14. The average molecular weight is 184 g/mol. The summed E-state index contributed by atoms with van der Waals surface area (Å²) < 4.78 is 0. The normalized spacial score (nSPS) is 26.6. The Balaban J connectivity index is 0.000000980. The van der Waals surface area contributed by atoms with Gasteiger partial charge in [0, 0.05) is 27.0 Å². The summed E-state index contributed by atoms with van der Waals surface area (Å²) in [6.45, 7) is 5.14. The van der Waals surface area contributed by atoms with Gasteiger partial charge in [-0.15, -0.1) is 0 Å². The van der Waals surface area contributed by atoms with E-state index < -0.39 is 0 Å². The molecular weight excluding hydrogens is 164 g/mol. The lowest BCUT2D eigenvalue weighted by Gasteiger charge is -2.57. The van der Waals surface area contributed by atoms with Crippen molar-refractivity contribution in [2.75, 3.05) is 26.7 Å². The zero-order valence-electron chi connectivity index (χ0n) is 8.47. The van der Waals surface area contributed by atoms with Crippen molar-refractivity contribution < 1.29 is 6.22 Å². The van der Waals surface area contributed by atoms with Gasteiger partial charge in [0.15, 0.2) is 0 Å². The molecule has 1 saturated carbocycles. The molecule has 0 aromatic carbocycles. The number of carbonyl (C=O) groups excluding carboxylic acids is 1. The predicted octanol–water partition coefficient (Wildman–Crippen LogP) is 0.710. The van der Waals surface area contributed by atoms with E-state index in [1.54, 1.807) is 0 Å². The van der Waals surface area contributed by atoms with Gasteiger partial charge in [-0.3, -0.25) is 4.79 Å². The van der Waals surface area contributed by atoms with Crippen molar-refractivity contribution in [2.24, 2.45) is 11.3 Å². The maximum Gasteiger partial charge on any atom is 0.223 e. The molecular formula is C10H20N2O. The van der Waals surface area contributed by atoms with Crippen LogP contribution in [0.5, 0.6) is 0 Å². The van der Waals surface area contributed by atoms with Gasteiger partial charge < -0.3 is 10.2 Å². The molecule has 1 N–H and O–H groups in total. The van der Waals surface area contributed by atoms with Crippen molar-refractivity contribution in [1.29, 1.82) is 0 Å². The first-order valence-electron chi connectivity index (χ1n) is 5.11. The van der Waals surface area contributed by atoms with Crippen LogP contribution in [0.2, 0.25) is 0 Å². The molecule has 0 bridgehead atoms. The lowest BCUT2D eigenvalue weighted by atomic mass is 9.57. The van der Waals surface area contributed by atoms with Gasteiger partial charge in [-0.2, -0.15) is 0 Å². The highest BCUT2D eigenvalue weighted by Gasteiger charge is 2.52. The Morgan fingerprint density at radius 3 is 2.69 bits per heavy atom. The van der Waals surface area contributed by atoms with Crippen LogP contribution < -0.4 is 5.32 Å². The summed E-state index contributed by atoms with van der Waals surface area (Å²) in [6, 6.07) is 0. The first-order valence-corrected chi connectivity index (χ1v) is 5.11. The maximum atomic E-state index is 11.4. The molecule has 76 valence electrons. The molecule has 0 unspecified atom stereocenters. The van der Waals surface area contributed by atoms with Crippen molar-refractivity contribution in [1.82, 2.24) is 10.2 Å². The Bertz CT molecular complexity index is 218. The van der Waals surface area contributed by atoms with E-state index in [1.165, 1.54) is 13.1 Å². The molecule has 2 aliphatic rings. The third-order valence-electron chi connectivity index (χ3n) is 3.29. The SMILES string of the molecule is CCNC(=O)C1CC2(C1)CN(C)C2.[HH]. The first-order chi connectivity index (χ1) is 6.15. The molecule has 1 heterocycles. The minimum Gasteiger partial charge on any atom is -0.356 e. The standard InChI is InChI=1S/C10H18N2O.H2/c1-3-11-9(13)8-4-10(5-8)6-12(2)7-10;/h8H,3-7H2,1-2H3,(H,11,13);1H. The molecule has 2 rings (SSSR count). The van der Waals surface area contributed by atoms with Gasteiger partial charge >= 0.3 is 0 Å². The highest BCUT2D eigenvalue weighted by molar-refractivity contribution is 5.79. The van der Waals surface area contributed by atoms with Crippen LogP contribution in [0.4, 0.5) is 0 Å². The Kier molecular flexibility index (Phi) is 2.06. The first kappa shape index (κ1) is 9.00. The zero-order valence-corrected chi connectivity index (χ0v) is 8.47. The minimum atomic E-state index is 0. The van der Waals surface area contributed by atoms with Crippen LogP contribution in [0.25, 0.3) is 0 Å². The third-order valence-corrected chi connectivity index (χ3v) is 3.29. The van der Waals surface area contributed by atoms with Crippen LogP contribution in [-0.4, -0.2) is 37.5 Å². The largest absolute Gasteiger partial charge is 0.356 e. The van der Waals surface area contributed by atoms with E-state index in [2.05, 4.69) is 17.3 Å². The Morgan fingerprint density at radius 1 is 1.62 bits per heavy atom. The molecule has 0 atom stereocenters. The number of hydrogen-bond donors (Lipinski definition) is 1. The van der Waals surface area contributed by atoms with E-state index in [9.17, 15) is 4.79 Å². The lowest BCUT2D eigenvalue weighted by Crippen LogP contribution is -2.62. The van der Waals surface area contributed by atoms with E-state index in [0.717, 1.165) is 19.4 Å². The van der Waals surface area contributed by atoms with Crippen LogP contribution in [0.15, 0.2) is 0 Å². The molecule has 1 spiro atoms. The van der Waals surface area contributed by atoms with Crippen LogP contribution in [0, 0.1) is 11.3 Å². The number of nitrogens with one attached hydrogen (secondary N) is 1. The van der Waals surface area contributed by atoms with E-state index in [4.69, 9.17) is 0 Å². The summed E-state index contributed by atoms with van der Waals surface area (Å²) in [5, 5.41) is 2.89. The zero-order chi connectivity index (χ0) is 9.47. The quantitative estimate of drug-likeness (QED) is 0.685. The van der Waals surface area contributed by atoms with Gasteiger partial charge in [-0.1, -0.05) is 0 Å². The van der Waals surface area contributed by atoms with E-state index >= 15 is 0 Å². The van der Waals surface area contributed by atoms with E-state index in [-0.39, 0.29) is 7.33 Å². The lowest BCUT2D eigenvalue weighted by molar-refractivity contribution is -0.142.